The summed E-state index contributed by atoms with van der Waals surface area (Å²) in [4.78, 5) is 2.35. The molecule has 1 heterocycles. The highest BCUT2D eigenvalue weighted by Gasteiger charge is 2.23. The number of benzene rings is 1. The van der Waals surface area contributed by atoms with Crippen molar-refractivity contribution in [3.8, 4) is 5.75 Å². The fourth-order valence-corrected chi connectivity index (χ4v) is 2.67. The van der Waals surface area contributed by atoms with Crippen molar-refractivity contribution in [3.63, 3.8) is 0 Å². The second kappa shape index (κ2) is 6.30. The Labute approximate surface area is 114 Å². The molecular weight excluding hydrogens is 248 g/mol. The van der Waals surface area contributed by atoms with Crippen LogP contribution >= 0.6 is 11.6 Å². The maximum Gasteiger partial charge on any atom is 0.121 e. The Hall–Kier alpha value is -0.930. The number of rotatable bonds is 5. The van der Waals surface area contributed by atoms with Gasteiger partial charge in [-0.3, -0.25) is 0 Å². The van der Waals surface area contributed by atoms with Crippen molar-refractivity contribution in [3.05, 3.63) is 23.2 Å². The van der Waals surface area contributed by atoms with Gasteiger partial charge in [-0.15, -0.1) is 0 Å². The monoisotopic (exact) mass is 268 g/mol. The zero-order chi connectivity index (χ0) is 13.0. The van der Waals surface area contributed by atoms with E-state index >= 15 is 0 Å². The molecule has 1 atom stereocenters. The van der Waals surface area contributed by atoms with Crippen LogP contribution in [0.15, 0.2) is 18.2 Å². The summed E-state index contributed by atoms with van der Waals surface area (Å²) in [5, 5.41) is 4.22. The Morgan fingerprint density at radius 1 is 1.50 bits per heavy atom. The minimum atomic E-state index is 0.715. The highest BCUT2D eigenvalue weighted by atomic mass is 35.5. The second-order valence-corrected chi connectivity index (χ2v) is 5.13. The average molecular weight is 269 g/mol. The standard InChI is InChI=1S/C14H21ClN2O/c1-3-16-9-11-6-7-17(10-11)14-8-12(18-2)4-5-13(14)15/h4-5,8,11,16H,3,6-7,9-10H2,1-2H3. The quantitative estimate of drug-likeness (QED) is 0.889. The molecule has 0 aliphatic carbocycles. The molecule has 18 heavy (non-hydrogen) atoms. The highest BCUT2D eigenvalue weighted by molar-refractivity contribution is 6.33. The molecule has 3 nitrogen and oxygen atoms in total. The predicted molar refractivity (Wildman–Crippen MR) is 76.9 cm³/mol. The van der Waals surface area contributed by atoms with Crippen molar-refractivity contribution >= 4 is 17.3 Å². The molecule has 0 spiro atoms. The summed E-state index contributed by atoms with van der Waals surface area (Å²) in [6.45, 7) is 6.42. The van der Waals surface area contributed by atoms with Crippen LogP contribution < -0.4 is 15.0 Å². The molecule has 0 aromatic heterocycles. The predicted octanol–water partition coefficient (Wildman–Crippen LogP) is 2.78. The zero-order valence-electron chi connectivity index (χ0n) is 11.1. The number of anilines is 1. The van der Waals surface area contributed by atoms with Crippen LogP contribution in [0.25, 0.3) is 0 Å². The van der Waals surface area contributed by atoms with Gasteiger partial charge in [0.1, 0.15) is 5.75 Å². The van der Waals surface area contributed by atoms with Gasteiger partial charge >= 0.3 is 0 Å². The molecule has 0 radical (unpaired) electrons. The number of hydrogen-bond acceptors (Lipinski definition) is 3. The van der Waals surface area contributed by atoms with E-state index in [1.165, 1.54) is 6.42 Å². The van der Waals surface area contributed by atoms with Gasteiger partial charge in [0.2, 0.25) is 0 Å². The first kappa shape index (κ1) is 13.5. The zero-order valence-corrected chi connectivity index (χ0v) is 11.8. The number of nitrogens with zero attached hydrogens (tertiary/aromatic N) is 1. The van der Waals surface area contributed by atoms with Gasteiger partial charge in [0.15, 0.2) is 0 Å². The molecule has 0 amide bonds. The Kier molecular flexibility index (Phi) is 4.72. The molecule has 1 unspecified atom stereocenters. The van der Waals surface area contributed by atoms with E-state index in [9.17, 15) is 0 Å². The third kappa shape index (κ3) is 3.09. The maximum atomic E-state index is 6.27. The smallest absolute Gasteiger partial charge is 0.121 e. The molecule has 1 aliphatic rings. The van der Waals surface area contributed by atoms with Crippen molar-refractivity contribution in [2.24, 2.45) is 5.92 Å². The van der Waals surface area contributed by atoms with Gasteiger partial charge in [-0.25, -0.2) is 0 Å². The van der Waals surface area contributed by atoms with Gasteiger partial charge in [0.25, 0.3) is 0 Å². The van der Waals surface area contributed by atoms with E-state index < -0.39 is 0 Å². The van der Waals surface area contributed by atoms with Crippen LogP contribution in [0.1, 0.15) is 13.3 Å². The molecule has 1 N–H and O–H groups in total. The van der Waals surface area contributed by atoms with Gasteiger partial charge in [0.05, 0.1) is 17.8 Å². The van der Waals surface area contributed by atoms with Crippen LogP contribution in [-0.2, 0) is 0 Å². The van der Waals surface area contributed by atoms with Crippen molar-refractivity contribution < 1.29 is 4.74 Å². The molecule has 0 saturated carbocycles. The molecule has 1 saturated heterocycles. The van der Waals surface area contributed by atoms with Crippen LogP contribution in [-0.4, -0.2) is 33.3 Å². The molecule has 2 rings (SSSR count). The lowest BCUT2D eigenvalue weighted by atomic mass is 10.1. The molecule has 100 valence electrons. The van der Waals surface area contributed by atoms with Gasteiger partial charge in [-0.05, 0) is 37.6 Å². The molecular formula is C14H21ClN2O. The molecule has 1 aromatic rings. The van der Waals surface area contributed by atoms with E-state index in [-0.39, 0.29) is 0 Å². The van der Waals surface area contributed by atoms with Gasteiger partial charge < -0.3 is 15.0 Å². The second-order valence-electron chi connectivity index (χ2n) is 4.73. The van der Waals surface area contributed by atoms with Gasteiger partial charge in [0, 0.05) is 19.2 Å². The van der Waals surface area contributed by atoms with Crippen LogP contribution in [0.3, 0.4) is 0 Å². The number of halogens is 1. The normalized spacial score (nSPS) is 19.3. The van der Waals surface area contributed by atoms with E-state index in [0.29, 0.717) is 5.92 Å². The van der Waals surface area contributed by atoms with Crippen molar-refractivity contribution in [2.75, 3.05) is 38.2 Å². The van der Waals surface area contributed by atoms with Crippen LogP contribution in [0.5, 0.6) is 5.75 Å². The van der Waals surface area contributed by atoms with Crippen LogP contribution in [0.2, 0.25) is 5.02 Å². The number of methoxy groups -OCH3 is 1. The minimum Gasteiger partial charge on any atom is -0.497 e. The first-order valence-electron chi connectivity index (χ1n) is 6.53. The fourth-order valence-electron chi connectivity index (χ4n) is 2.43. The fraction of sp³-hybridized carbons (Fsp3) is 0.571. The third-order valence-electron chi connectivity index (χ3n) is 3.46. The number of nitrogens with one attached hydrogen (secondary N) is 1. The van der Waals surface area contributed by atoms with Crippen molar-refractivity contribution in [1.29, 1.82) is 0 Å². The number of ether oxygens (including phenoxy) is 1. The molecule has 0 bridgehead atoms. The number of hydrogen-bond donors (Lipinski definition) is 1. The maximum absolute atomic E-state index is 6.27. The summed E-state index contributed by atoms with van der Waals surface area (Å²) in [7, 11) is 1.69. The Morgan fingerprint density at radius 2 is 2.33 bits per heavy atom. The largest absolute Gasteiger partial charge is 0.497 e. The molecule has 1 aliphatic heterocycles. The first-order valence-corrected chi connectivity index (χ1v) is 6.91. The highest BCUT2D eigenvalue weighted by Crippen LogP contribution is 2.33. The summed E-state index contributed by atoms with van der Waals surface area (Å²) < 4.78 is 5.26. The Bertz CT molecular complexity index is 397. The average Bonchev–Trinajstić information content (AvgIpc) is 2.85. The lowest BCUT2D eigenvalue weighted by molar-refractivity contribution is 0.415. The van der Waals surface area contributed by atoms with E-state index in [0.717, 1.165) is 42.6 Å². The summed E-state index contributed by atoms with van der Waals surface area (Å²) in [5.74, 6) is 1.58. The Morgan fingerprint density at radius 3 is 3.06 bits per heavy atom. The summed E-state index contributed by atoms with van der Waals surface area (Å²) >= 11 is 6.27. The van der Waals surface area contributed by atoms with Crippen molar-refractivity contribution in [1.82, 2.24) is 5.32 Å². The lowest BCUT2D eigenvalue weighted by Gasteiger charge is -2.21. The molecule has 4 heteroatoms. The topological polar surface area (TPSA) is 24.5 Å². The summed E-state index contributed by atoms with van der Waals surface area (Å²) in [5.41, 5.74) is 1.09. The summed E-state index contributed by atoms with van der Waals surface area (Å²) in [6, 6.07) is 5.84. The van der Waals surface area contributed by atoms with Crippen LogP contribution in [0.4, 0.5) is 5.69 Å². The summed E-state index contributed by atoms with van der Waals surface area (Å²) in [6.07, 6.45) is 1.22. The van der Waals surface area contributed by atoms with Crippen LogP contribution in [0, 0.1) is 5.92 Å². The van der Waals surface area contributed by atoms with E-state index in [1.54, 1.807) is 7.11 Å². The SMILES string of the molecule is CCNCC1CCN(c2cc(OC)ccc2Cl)C1. The van der Waals surface area contributed by atoms with E-state index in [4.69, 9.17) is 16.3 Å². The van der Waals surface area contributed by atoms with Crippen molar-refractivity contribution in [2.45, 2.75) is 13.3 Å². The van der Waals surface area contributed by atoms with E-state index in [1.807, 2.05) is 18.2 Å². The van der Waals surface area contributed by atoms with Gasteiger partial charge in [-0.1, -0.05) is 18.5 Å². The van der Waals surface area contributed by atoms with E-state index in [2.05, 4.69) is 17.1 Å². The third-order valence-corrected chi connectivity index (χ3v) is 3.78. The van der Waals surface area contributed by atoms with Gasteiger partial charge in [-0.2, -0.15) is 0 Å². The lowest BCUT2D eigenvalue weighted by Crippen LogP contribution is -2.26. The first-order chi connectivity index (χ1) is 8.74. The molecule has 1 fully saturated rings. The molecule has 1 aromatic carbocycles. The minimum absolute atomic E-state index is 0.715. The Balaban J connectivity index is 2.04.